The number of likely N-dealkylation sites (tertiary alicyclic amines) is 1. The third-order valence-corrected chi connectivity index (χ3v) is 4.03. The van der Waals surface area contributed by atoms with Crippen molar-refractivity contribution in [1.82, 2.24) is 9.80 Å². The Morgan fingerprint density at radius 3 is 2.18 bits per heavy atom. The van der Waals surface area contributed by atoms with Crippen LogP contribution in [-0.2, 0) is 4.79 Å². The van der Waals surface area contributed by atoms with Crippen molar-refractivity contribution in [2.24, 2.45) is 5.41 Å². The summed E-state index contributed by atoms with van der Waals surface area (Å²) in [7, 11) is 1.76. The van der Waals surface area contributed by atoms with Gasteiger partial charge in [-0.05, 0) is 11.8 Å². The highest BCUT2D eigenvalue weighted by molar-refractivity contribution is 5.74. The van der Waals surface area contributed by atoms with Crippen molar-refractivity contribution in [3.63, 3.8) is 0 Å². The van der Waals surface area contributed by atoms with Gasteiger partial charge in [-0.3, -0.25) is 4.79 Å². The lowest BCUT2D eigenvalue weighted by Gasteiger charge is -2.48. The fraction of sp³-hybridized carbons (Fsp3) is 0.833. The minimum Gasteiger partial charge on any atom is -0.465 e. The number of carboxylic acid groups (broad SMARTS) is 1. The van der Waals surface area contributed by atoms with Crippen molar-refractivity contribution in [2.45, 2.75) is 39.7 Å². The molecule has 2 amide bonds. The largest absolute Gasteiger partial charge is 0.465 e. The molecule has 1 aliphatic heterocycles. The summed E-state index contributed by atoms with van der Waals surface area (Å²) in [6.45, 7) is 8.57. The summed E-state index contributed by atoms with van der Waals surface area (Å²) in [5.74, 6) is -0.0211. The molecule has 5 heteroatoms. The lowest BCUT2D eigenvalue weighted by molar-refractivity contribution is -0.137. The van der Waals surface area contributed by atoms with E-state index in [1.807, 2.05) is 0 Å². The average Bonchev–Trinajstić information content (AvgIpc) is 2.60. The molecule has 1 fully saturated rings. The highest BCUT2D eigenvalue weighted by atomic mass is 16.4. The standard InChI is InChI=1S/C12H22N2O3/c1-9(15)13(5)12(11(2,3)4)6-7-14(8-12)10(16)17/h6-8H2,1-5H3,(H,16,17)/t12-/m0/s1. The van der Waals surface area contributed by atoms with Gasteiger partial charge in [0.25, 0.3) is 0 Å². The van der Waals surface area contributed by atoms with Gasteiger partial charge in [-0.2, -0.15) is 0 Å². The molecule has 0 aromatic rings. The van der Waals surface area contributed by atoms with Gasteiger partial charge in [0.15, 0.2) is 0 Å². The maximum atomic E-state index is 11.6. The second-order valence-electron chi connectivity index (χ2n) is 5.81. The molecule has 0 unspecified atom stereocenters. The van der Waals surface area contributed by atoms with Crippen molar-refractivity contribution in [1.29, 1.82) is 0 Å². The molecular weight excluding hydrogens is 220 g/mol. The number of carbonyl (C=O) groups is 2. The Morgan fingerprint density at radius 1 is 1.35 bits per heavy atom. The van der Waals surface area contributed by atoms with E-state index in [1.54, 1.807) is 11.9 Å². The van der Waals surface area contributed by atoms with Crippen molar-refractivity contribution in [3.05, 3.63) is 0 Å². The van der Waals surface area contributed by atoms with Crippen LogP contribution in [0.3, 0.4) is 0 Å². The Balaban J connectivity index is 3.07. The summed E-state index contributed by atoms with van der Waals surface area (Å²) in [5, 5.41) is 9.05. The first kappa shape index (κ1) is 13.8. The van der Waals surface area contributed by atoms with E-state index in [0.29, 0.717) is 19.5 Å². The minimum atomic E-state index is -0.909. The monoisotopic (exact) mass is 242 g/mol. The van der Waals surface area contributed by atoms with E-state index in [2.05, 4.69) is 20.8 Å². The third kappa shape index (κ3) is 2.23. The van der Waals surface area contributed by atoms with E-state index in [9.17, 15) is 9.59 Å². The summed E-state index contributed by atoms with van der Waals surface area (Å²) in [4.78, 5) is 25.7. The predicted molar refractivity (Wildman–Crippen MR) is 64.8 cm³/mol. The van der Waals surface area contributed by atoms with E-state index in [1.165, 1.54) is 11.8 Å². The molecule has 0 aliphatic carbocycles. The second-order valence-corrected chi connectivity index (χ2v) is 5.81. The normalized spacial score (nSPS) is 24.9. The van der Waals surface area contributed by atoms with Gasteiger partial charge in [-0.1, -0.05) is 20.8 Å². The maximum Gasteiger partial charge on any atom is 0.407 e. The van der Waals surface area contributed by atoms with Gasteiger partial charge >= 0.3 is 6.09 Å². The van der Waals surface area contributed by atoms with Gasteiger partial charge < -0.3 is 14.9 Å². The number of nitrogens with zero attached hydrogens (tertiary/aromatic N) is 2. The number of hydrogen-bond acceptors (Lipinski definition) is 2. The second kappa shape index (κ2) is 4.20. The lowest BCUT2D eigenvalue weighted by atomic mass is 9.71. The fourth-order valence-electron chi connectivity index (χ4n) is 2.65. The number of likely N-dealkylation sites (N-methyl/N-ethyl adjacent to an activating group) is 1. The Labute approximate surface area is 102 Å². The molecule has 0 aromatic carbocycles. The van der Waals surface area contributed by atoms with Crippen LogP contribution in [0.2, 0.25) is 0 Å². The quantitative estimate of drug-likeness (QED) is 0.760. The van der Waals surface area contributed by atoms with Crippen molar-refractivity contribution < 1.29 is 14.7 Å². The summed E-state index contributed by atoms with van der Waals surface area (Å²) < 4.78 is 0. The first-order chi connectivity index (χ1) is 7.62. The molecule has 17 heavy (non-hydrogen) atoms. The van der Waals surface area contributed by atoms with E-state index < -0.39 is 11.6 Å². The molecule has 1 rings (SSSR count). The zero-order valence-electron chi connectivity index (χ0n) is 11.3. The van der Waals surface area contributed by atoms with Crippen LogP contribution in [-0.4, -0.2) is 52.6 Å². The Kier molecular flexibility index (Phi) is 3.41. The molecular formula is C12H22N2O3. The molecule has 1 heterocycles. The summed E-state index contributed by atoms with van der Waals surface area (Å²) >= 11 is 0. The highest BCUT2D eigenvalue weighted by Crippen LogP contribution is 2.42. The molecule has 0 bridgehead atoms. The van der Waals surface area contributed by atoms with Gasteiger partial charge in [0, 0.05) is 27.1 Å². The Hall–Kier alpha value is -1.26. The van der Waals surface area contributed by atoms with Crippen LogP contribution in [0.25, 0.3) is 0 Å². The van der Waals surface area contributed by atoms with Gasteiger partial charge in [-0.15, -0.1) is 0 Å². The van der Waals surface area contributed by atoms with Crippen LogP contribution in [0, 0.1) is 5.41 Å². The van der Waals surface area contributed by atoms with Gasteiger partial charge in [0.1, 0.15) is 0 Å². The summed E-state index contributed by atoms with van der Waals surface area (Å²) in [6, 6.07) is 0. The fourth-order valence-corrected chi connectivity index (χ4v) is 2.65. The van der Waals surface area contributed by atoms with Crippen LogP contribution >= 0.6 is 0 Å². The zero-order valence-corrected chi connectivity index (χ0v) is 11.3. The zero-order chi connectivity index (χ0) is 13.4. The van der Waals surface area contributed by atoms with Gasteiger partial charge in [0.05, 0.1) is 5.54 Å². The first-order valence-electron chi connectivity index (χ1n) is 5.84. The van der Waals surface area contributed by atoms with Crippen LogP contribution in [0.1, 0.15) is 34.1 Å². The smallest absolute Gasteiger partial charge is 0.407 e. The first-order valence-corrected chi connectivity index (χ1v) is 5.84. The number of hydrogen-bond donors (Lipinski definition) is 1. The van der Waals surface area contributed by atoms with Gasteiger partial charge in [-0.25, -0.2) is 4.79 Å². The molecule has 98 valence electrons. The highest BCUT2D eigenvalue weighted by Gasteiger charge is 2.51. The van der Waals surface area contributed by atoms with Crippen LogP contribution in [0.4, 0.5) is 4.79 Å². The molecule has 1 aliphatic rings. The van der Waals surface area contributed by atoms with Crippen LogP contribution in [0.15, 0.2) is 0 Å². The Morgan fingerprint density at radius 2 is 1.88 bits per heavy atom. The maximum absolute atomic E-state index is 11.6. The lowest BCUT2D eigenvalue weighted by Crippen LogP contribution is -2.59. The number of rotatable bonds is 1. The predicted octanol–water partition coefficient (Wildman–Crippen LogP) is 1.63. The molecule has 5 nitrogen and oxygen atoms in total. The van der Waals surface area contributed by atoms with Crippen LogP contribution in [0.5, 0.6) is 0 Å². The molecule has 0 radical (unpaired) electrons. The van der Waals surface area contributed by atoms with Crippen molar-refractivity contribution >= 4 is 12.0 Å². The van der Waals surface area contributed by atoms with E-state index in [-0.39, 0.29) is 11.3 Å². The minimum absolute atomic E-state index is 0.0211. The summed E-state index contributed by atoms with van der Waals surface area (Å²) in [5.41, 5.74) is -0.561. The molecule has 0 spiro atoms. The topological polar surface area (TPSA) is 60.9 Å². The molecule has 0 aromatic heterocycles. The summed E-state index contributed by atoms with van der Waals surface area (Å²) in [6.07, 6.45) is -0.216. The van der Waals surface area contributed by atoms with Crippen LogP contribution < -0.4 is 0 Å². The average molecular weight is 242 g/mol. The number of carbonyl (C=O) groups excluding carboxylic acids is 1. The Bertz CT molecular complexity index is 335. The van der Waals surface area contributed by atoms with Crippen molar-refractivity contribution in [2.75, 3.05) is 20.1 Å². The molecule has 1 atom stereocenters. The van der Waals surface area contributed by atoms with E-state index in [4.69, 9.17) is 5.11 Å². The molecule has 0 saturated carbocycles. The van der Waals surface area contributed by atoms with Gasteiger partial charge in [0.2, 0.25) is 5.91 Å². The van der Waals surface area contributed by atoms with Crippen molar-refractivity contribution in [3.8, 4) is 0 Å². The SMILES string of the molecule is CC(=O)N(C)[C@@]1(C(C)(C)C)CCN(C(=O)O)C1. The molecule has 1 saturated heterocycles. The molecule has 1 N–H and O–H groups in total. The number of amides is 2. The van der Waals surface area contributed by atoms with E-state index in [0.717, 1.165) is 0 Å². The third-order valence-electron chi connectivity index (χ3n) is 4.03. The van der Waals surface area contributed by atoms with E-state index >= 15 is 0 Å².